The van der Waals surface area contributed by atoms with E-state index in [0.29, 0.717) is 0 Å². The Hall–Kier alpha value is -1.32. The SMILES string of the molecule is COc1ccccc1CNCc1cccc(Br)c1. The van der Waals surface area contributed by atoms with Gasteiger partial charge in [-0.1, -0.05) is 46.3 Å². The van der Waals surface area contributed by atoms with E-state index in [1.807, 2.05) is 30.3 Å². The van der Waals surface area contributed by atoms with E-state index in [0.717, 1.165) is 23.3 Å². The number of hydrogen-bond acceptors (Lipinski definition) is 2. The van der Waals surface area contributed by atoms with Crippen LogP contribution in [0.2, 0.25) is 0 Å². The average molecular weight is 306 g/mol. The van der Waals surface area contributed by atoms with Gasteiger partial charge in [0.1, 0.15) is 5.75 Å². The molecule has 94 valence electrons. The number of benzene rings is 2. The Kier molecular flexibility index (Phi) is 4.79. The summed E-state index contributed by atoms with van der Waals surface area (Å²) >= 11 is 3.47. The van der Waals surface area contributed by atoms with Crippen LogP contribution in [-0.2, 0) is 13.1 Å². The summed E-state index contributed by atoms with van der Waals surface area (Å²) in [4.78, 5) is 0. The third kappa shape index (κ3) is 3.59. The van der Waals surface area contributed by atoms with Crippen molar-refractivity contribution in [3.05, 3.63) is 64.1 Å². The molecule has 0 fully saturated rings. The van der Waals surface area contributed by atoms with E-state index in [1.54, 1.807) is 7.11 Å². The summed E-state index contributed by atoms with van der Waals surface area (Å²) in [5.74, 6) is 0.930. The van der Waals surface area contributed by atoms with Crippen molar-refractivity contribution >= 4 is 15.9 Å². The topological polar surface area (TPSA) is 21.3 Å². The lowest BCUT2D eigenvalue weighted by molar-refractivity contribution is 0.407. The van der Waals surface area contributed by atoms with Crippen LogP contribution in [0.5, 0.6) is 5.75 Å². The molecule has 3 heteroatoms. The Morgan fingerprint density at radius 3 is 2.67 bits per heavy atom. The van der Waals surface area contributed by atoms with Crippen LogP contribution >= 0.6 is 15.9 Å². The maximum absolute atomic E-state index is 5.32. The molecule has 0 radical (unpaired) electrons. The third-order valence-electron chi connectivity index (χ3n) is 2.73. The summed E-state index contributed by atoms with van der Waals surface area (Å²) < 4.78 is 6.43. The molecule has 2 aromatic rings. The van der Waals surface area contributed by atoms with Gasteiger partial charge in [-0.25, -0.2) is 0 Å². The van der Waals surface area contributed by atoms with E-state index >= 15 is 0 Å². The van der Waals surface area contributed by atoms with Crippen molar-refractivity contribution in [2.45, 2.75) is 13.1 Å². The summed E-state index contributed by atoms with van der Waals surface area (Å²) in [7, 11) is 1.70. The number of rotatable bonds is 5. The van der Waals surface area contributed by atoms with Crippen LogP contribution < -0.4 is 10.1 Å². The van der Waals surface area contributed by atoms with E-state index in [1.165, 1.54) is 11.1 Å². The third-order valence-corrected chi connectivity index (χ3v) is 3.22. The highest BCUT2D eigenvalue weighted by molar-refractivity contribution is 9.10. The van der Waals surface area contributed by atoms with Crippen molar-refractivity contribution < 1.29 is 4.74 Å². The van der Waals surface area contributed by atoms with Crippen molar-refractivity contribution in [3.63, 3.8) is 0 Å². The van der Waals surface area contributed by atoms with E-state index in [-0.39, 0.29) is 0 Å². The first kappa shape index (κ1) is 13.1. The first-order valence-electron chi connectivity index (χ1n) is 5.86. The molecular formula is C15H16BrNO. The van der Waals surface area contributed by atoms with Gasteiger partial charge in [-0.3, -0.25) is 0 Å². The van der Waals surface area contributed by atoms with Crippen molar-refractivity contribution in [2.24, 2.45) is 0 Å². The van der Waals surface area contributed by atoms with Crippen LogP contribution in [0.15, 0.2) is 53.0 Å². The maximum atomic E-state index is 5.32. The summed E-state index contributed by atoms with van der Waals surface area (Å²) in [6, 6.07) is 16.4. The Labute approximate surface area is 116 Å². The van der Waals surface area contributed by atoms with Crippen molar-refractivity contribution in [3.8, 4) is 5.75 Å². The molecule has 0 aromatic heterocycles. The number of methoxy groups -OCH3 is 1. The molecule has 0 aliphatic heterocycles. The van der Waals surface area contributed by atoms with Crippen LogP contribution in [0.1, 0.15) is 11.1 Å². The second-order valence-corrected chi connectivity index (χ2v) is 4.96. The zero-order valence-electron chi connectivity index (χ0n) is 10.3. The molecule has 2 nitrogen and oxygen atoms in total. The molecule has 0 atom stereocenters. The second kappa shape index (κ2) is 6.57. The smallest absolute Gasteiger partial charge is 0.123 e. The molecule has 2 rings (SSSR count). The van der Waals surface area contributed by atoms with Gasteiger partial charge in [0.05, 0.1) is 7.11 Å². The van der Waals surface area contributed by atoms with Gasteiger partial charge in [-0.05, 0) is 23.8 Å². The highest BCUT2D eigenvalue weighted by Crippen LogP contribution is 2.17. The van der Waals surface area contributed by atoms with E-state index in [4.69, 9.17) is 4.74 Å². The highest BCUT2D eigenvalue weighted by atomic mass is 79.9. The minimum atomic E-state index is 0.802. The predicted molar refractivity (Wildman–Crippen MR) is 77.7 cm³/mol. The van der Waals surface area contributed by atoms with Gasteiger partial charge in [-0.15, -0.1) is 0 Å². The molecule has 0 amide bonds. The molecule has 0 heterocycles. The van der Waals surface area contributed by atoms with Crippen LogP contribution in [-0.4, -0.2) is 7.11 Å². The molecule has 0 aliphatic carbocycles. The van der Waals surface area contributed by atoms with Gasteiger partial charge in [0.15, 0.2) is 0 Å². The number of ether oxygens (including phenoxy) is 1. The van der Waals surface area contributed by atoms with Gasteiger partial charge in [0, 0.05) is 23.1 Å². The fourth-order valence-electron chi connectivity index (χ4n) is 1.84. The number of nitrogens with one attached hydrogen (secondary N) is 1. The summed E-state index contributed by atoms with van der Waals surface area (Å²) in [5, 5.41) is 3.42. The van der Waals surface area contributed by atoms with Crippen LogP contribution in [0.4, 0.5) is 0 Å². The zero-order valence-corrected chi connectivity index (χ0v) is 11.9. The molecule has 0 spiro atoms. The molecule has 0 aliphatic rings. The molecule has 0 unspecified atom stereocenters. The summed E-state index contributed by atoms with van der Waals surface area (Å²) in [6.45, 7) is 1.65. The molecule has 0 bridgehead atoms. The molecule has 1 N–H and O–H groups in total. The molecule has 0 saturated carbocycles. The normalized spacial score (nSPS) is 10.3. The first-order chi connectivity index (χ1) is 8.79. The van der Waals surface area contributed by atoms with Gasteiger partial charge in [0.25, 0.3) is 0 Å². The van der Waals surface area contributed by atoms with Crippen LogP contribution in [0, 0.1) is 0 Å². The minimum Gasteiger partial charge on any atom is -0.496 e. The predicted octanol–water partition coefficient (Wildman–Crippen LogP) is 3.75. The Balaban J connectivity index is 1.92. The van der Waals surface area contributed by atoms with E-state index < -0.39 is 0 Å². The lowest BCUT2D eigenvalue weighted by Gasteiger charge is -2.09. The van der Waals surface area contributed by atoms with Gasteiger partial charge >= 0.3 is 0 Å². The van der Waals surface area contributed by atoms with E-state index in [9.17, 15) is 0 Å². The van der Waals surface area contributed by atoms with Crippen LogP contribution in [0.3, 0.4) is 0 Å². The van der Waals surface area contributed by atoms with Crippen molar-refractivity contribution in [1.82, 2.24) is 5.32 Å². The van der Waals surface area contributed by atoms with Gasteiger partial charge in [-0.2, -0.15) is 0 Å². The lowest BCUT2D eigenvalue weighted by Crippen LogP contribution is -2.13. The Bertz CT molecular complexity index is 513. The van der Waals surface area contributed by atoms with Crippen molar-refractivity contribution in [2.75, 3.05) is 7.11 Å². The van der Waals surface area contributed by atoms with Gasteiger partial charge < -0.3 is 10.1 Å². The molecule has 0 saturated heterocycles. The molecular weight excluding hydrogens is 290 g/mol. The standard InChI is InChI=1S/C15H16BrNO/c1-18-15-8-3-2-6-13(15)11-17-10-12-5-4-7-14(16)9-12/h2-9,17H,10-11H2,1H3. The van der Waals surface area contributed by atoms with Gasteiger partial charge in [0.2, 0.25) is 0 Å². The Morgan fingerprint density at radius 1 is 1.06 bits per heavy atom. The fraction of sp³-hybridized carbons (Fsp3) is 0.200. The summed E-state index contributed by atoms with van der Waals surface area (Å²) in [5.41, 5.74) is 2.44. The quantitative estimate of drug-likeness (QED) is 0.908. The largest absolute Gasteiger partial charge is 0.496 e. The lowest BCUT2D eigenvalue weighted by atomic mass is 10.2. The molecule has 2 aromatic carbocycles. The monoisotopic (exact) mass is 305 g/mol. The maximum Gasteiger partial charge on any atom is 0.123 e. The fourth-order valence-corrected chi connectivity index (χ4v) is 2.28. The first-order valence-corrected chi connectivity index (χ1v) is 6.66. The number of para-hydroxylation sites is 1. The average Bonchev–Trinajstić information content (AvgIpc) is 2.39. The van der Waals surface area contributed by atoms with Crippen LogP contribution in [0.25, 0.3) is 0 Å². The van der Waals surface area contributed by atoms with Crippen molar-refractivity contribution in [1.29, 1.82) is 0 Å². The zero-order chi connectivity index (χ0) is 12.8. The number of halogens is 1. The highest BCUT2D eigenvalue weighted by Gasteiger charge is 2.00. The second-order valence-electron chi connectivity index (χ2n) is 4.05. The molecule has 18 heavy (non-hydrogen) atoms. The Morgan fingerprint density at radius 2 is 1.89 bits per heavy atom. The van der Waals surface area contributed by atoms with E-state index in [2.05, 4.69) is 39.4 Å². The minimum absolute atomic E-state index is 0.802. The summed E-state index contributed by atoms with van der Waals surface area (Å²) in [6.07, 6.45) is 0. The number of hydrogen-bond donors (Lipinski definition) is 1.